The van der Waals surface area contributed by atoms with E-state index in [-0.39, 0.29) is 0 Å². The average Bonchev–Trinajstić information content (AvgIpc) is 2.58. The standard InChI is InChI=1S/C12H15N3S2/c1-7(2)16-11-6-5-10(14-15-11)12-8(3)13-9(4)17-12/h5-7H,1-4H3. The third kappa shape index (κ3) is 3.04. The Morgan fingerprint density at radius 1 is 1.18 bits per heavy atom. The second kappa shape index (κ2) is 5.14. The van der Waals surface area contributed by atoms with Crippen molar-refractivity contribution in [2.45, 2.75) is 38.0 Å². The van der Waals surface area contributed by atoms with E-state index >= 15 is 0 Å². The molecule has 0 unspecified atom stereocenters. The maximum absolute atomic E-state index is 4.40. The van der Waals surface area contributed by atoms with Crippen LogP contribution in [0.4, 0.5) is 0 Å². The average molecular weight is 265 g/mol. The Bertz CT molecular complexity index is 503. The van der Waals surface area contributed by atoms with Crippen molar-refractivity contribution < 1.29 is 0 Å². The number of nitrogens with zero attached hydrogens (tertiary/aromatic N) is 3. The second-order valence-electron chi connectivity index (χ2n) is 4.07. The van der Waals surface area contributed by atoms with Gasteiger partial charge in [-0.3, -0.25) is 0 Å². The van der Waals surface area contributed by atoms with Gasteiger partial charge in [0.2, 0.25) is 0 Å². The molecule has 0 aromatic carbocycles. The lowest BCUT2D eigenvalue weighted by Crippen LogP contribution is -1.92. The Hall–Kier alpha value is -0.940. The highest BCUT2D eigenvalue weighted by Crippen LogP contribution is 2.29. The van der Waals surface area contributed by atoms with Gasteiger partial charge >= 0.3 is 0 Å². The molecule has 2 rings (SSSR count). The zero-order valence-corrected chi connectivity index (χ0v) is 12.0. The van der Waals surface area contributed by atoms with Crippen LogP contribution < -0.4 is 0 Å². The van der Waals surface area contributed by atoms with Gasteiger partial charge in [-0.15, -0.1) is 33.3 Å². The van der Waals surface area contributed by atoms with Crippen molar-refractivity contribution in [3.8, 4) is 10.6 Å². The Kier molecular flexibility index (Phi) is 3.79. The zero-order valence-electron chi connectivity index (χ0n) is 10.4. The highest BCUT2D eigenvalue weighted by atomic mass is 32.2. The summed E-state index contributed by atoms with van der Waals surface area (Å²) in [5.74, 6) is 0. The van der Waals surface area contributed by atoms with Crippen LogP contribution in [0.15, 0.2) is 17.2 Å². The van der Waals surface area contributed by atoms with Crippen LogP contribution in [0.3, 0.4) is 0 Å². The fraction of sp³-hybridized carbons (Fsp3) is 0.417. The quantitative estimate of drug-likeness (QED) is 0.793. The maximum Gasteiger partial charge on any atom is 0.119 e. The molecule has 0 fully saturated rings. The molecule has 0 radical (unpaired) electrons. The molecule has 0 saturated heterocycles. The summed E-state index contributed by atoms with van der Waals surface area (Å²) >= 11 is 3.39. The summed E-state index contributed by atoms with van der Waals surface area (Å²) in [5.41, 5.74) is 1.95. The van der Waals surface area contributed by atoms with E-state index in [1.807, 2.05) is 26.0 Å². The van der Waals surface area contributed by atoms with Gasteiger partial charge in [0.25, 0.3) is 0 Å². The van der Waals surface area contributed by atoms with Crippen molar-refractivity contribution in [3.63, 3.8) is 0 Å². The van der Waals surface area contributed by atoms with E-state index in [4.69, 9.17) is 0 Å². The van der Waals surface area contributed by atoms with E-state index in [0.29, 0.717) is 5.25 Å². The van der Waals surface area contributed by atoms with E-state index in [1.165, 1.54) is 0 Å². The third-order valence-electron chi connectivity index (χ3n) is 2.13. The van der Waals surface area contributed by atoms with E-state index in [2.05, 4.69) is 29.0 Å². The molecule has 0 bridgehead atoms. The first-order chi connectivity index (χ1) is 8.06. The summed E-state index contributed by atoms with van der Waals surface area (Å²) in [5, 5.41) is 11.1. The smallest absolute Gasteiger partial charge is 0.119 e. The van der Waals surface area contributed by atoms with Crippen LogP contribution in [-0.4, -0.2) is 20.4 Å². The van der Waals surface area contributed by atoms with Gasteiger partial charge in [0, 0.05) is 5.25 Å². The highest BCUT2D eigenvalue weighted by molar-refractivity contribution is 7.99. The fourth-order valence-electron chi connectivity index (χ4n) is 1.51. The fourth-order valence-corrected chi connectivity index (χ4v) is 3.12. The Morgan fingerprint density at radius 3 is 2.41 bits per heavy atom. The molecule has 2 aromatic rings. The zero-order chi connectivity index (χ0) is 12.4. The minimum atomic E-state index is 0.530. The monoisotopic (exact) mass is 265 g/mol. The molecule has 17 heavy (non-hydrogen) atoms. The van der Waals surface area contributed by atoms with E-state index in [0.717, 1.165) is 26.3 Å². The first-order valence-corrected chi connectivity index (χ1v) is 7.20. The third-order valence-corrected chi connectivity index (χ3v) is 4.16. The largest absolute Gasteiger partial charge is 0.246 e. The van der Waals surface area contributed by atoms with Gasteiger partial charge in [0.15, 0.2) is 0 Å². The SMILES string of the molecule is Cc1nc(C)c(-c2ccc(SC(C)C)nn2)s1. The summed E-state index contributed by atoms with van der Waals surface area (Å²) < 4.78 is 0. The van der Waals surface area contributed by atoms with Crippen molar-refractivity contribution in [3.05, 3.63) is 22.8 Å². The Morgan fingerprint density at radius 2 is 1.94 bits per heavy atom. The lowest BCUT2D eigenvalue weighted by molar-refractivity contribution is 0.929. The molecule has 2 aromatic heterocycles. The molecular weight excluding hydrogens is 250 g/mol. The number of aromatic nitrogens is 3. The summed E-state index contributed by atoms with van der Waals surface area (Å²) in [6.07, 6.45) is 0. The number of thiazole rings is 1. The van der Waals surface area contributed by atoms with Crippen molar-refractivity contribution in [1.82, 2.24) is 15.2 Å². The van der Waals surface area contributed by atoms with Crippen LogP contribution in [0, 0.1) is 13.8 Å². The molecule has 3 nitrogen and oxygen atoms in total. The lowest BCUT2D eigenvalue weighted by Gasteiger charge is -2.03. The molecule has 0 amide bonds. The van der Waals surface area contributed by atoms with Gasteiger partial charge in [0.1, 0.15) is 10.7 Å². The number of aryl methyl sites for hydroxylation is 2. The van der Waals surface area contributed by atoms with Crippen molar-refractivity contribution >= 4 is 23.1 Å². The predicted octanol–water partition coefficient (Wildman–Crippen LogP) is 3.72. The minimum Gasteiger partial charge on any atom is -0.246 e. The molecule has 0 aliphatic rings. The van der Waals surface area contributed by atoms with E-state index in [1.54, 1.807) is 23.1 Å². The molecule has 0 spiro atoms. The topological polar surface area (TPSA) is 38.7 Å². The first-order valence-electron chi connectivity index (χ1n) is 5.51. The molecule has 0 aliphatic heterocycles. The van der Waals surface area contributed by atoms with Gasteiger partial charge in [0.05, 0.1) is 15.6 Å². The minimum absolute atomic E-state index is 0.530. The molecule has 90 valence electrons. The van der Waals surface area contributed by atoms with E-state index < -0.39 is 0 Å². The molecule has 0 N–H and O–H groups in total. The number of hydrogen-bond donors (Lipinski definition) is 0. The molecule has 5 heteroatoms. The van der Waals surface area contributed by atoms with Crippen LogP contribution in [0.1, 0.15) is 24.5 Å². The van der Waals surface area contributed by atoms with Crippen molar-refractivity contribution in [2.75, 3.05) is 0 Å². The lowest BCUT2D eigenvalue weighted by atomic mass is 10.3. The van der Waals surface area contributed by atoms with Gasteiger partial charge in [-0.2, -0.15) is 0 Å². The van der Waals surface area contributed by atoms with Crippen molar-refractivity contribution in [2.24, 2.45) is 0 Å². The predicted molar refractivity (Wildman–Crippen MR) is 73.6 cm³/mol. The number of thioether (sulfide) groups is 1. The Balaban J connectivity index is 2.26. The molecule has 0 saturated carbocycles. The van der Waals surface area contributed by atoms with Gasteiger partial charge in [-0.25, -0.2) is 4.98 Å². The van der Waals surface area contributed by atoms with Crippen LogP contribution >= 0.6 is 23.1 Å². The summed E-state index contributed by atoms with van der Waals surface area (Å²) in [4.78, 5) is 5.53. The van der Waals surface area contributed by atoms with Gasteiger partial charge in [-0.1, -0.05) is 13.8 Å². The molecule has 2 heterocycles. The van der Waals surface area contributed by atoms with E-state index in [9.17, 15) is 0 Å². The molecular formula is C12H15N3S2. The maximum atomic E-state index is 4.40. The summed E-state index contributed by atoms with van der Waals surface area (Å²) in [6, 6.07) is 4.05. The number of hydrogen-bond acceptors (Lipinski definition) is 5. The Labute approximate surface area is 110 Å². The van der Waals surface area contributed by atoms with Gasteiger partial charge < -0.3 is 0 Å². The summed E-state index contributed by atoms with van der Waals surface area (Å²) in [7, 11) is 0. The second-order valence-corrected chi connectivity index (χ2v) is 6.87. The van der Waals surface area contributed by atoms with Crippen LogP contribution in [-0.2, 0) is 0 Å². The van der Waals surface area contributed by atoms with Gasteiger partial charge in [-0.05, 0) is 26.0 Å². The van der Waals surface area contributed by atoms with Crippen LogP contribution in [0.25, 0.3) is 10.6 Å². The normalized spacial score (nSPS) is 11.1. The van der Waals surface area contributed by atoms with Crippen molar-refractivity contribution in [1.29, 1.82) is 0 Å². The highest BCUT2D eigenvalue weighted by Gasteiger charge is 2.09. The first kappa shape index (κ1) is 12.5. The molecule has 0 aliphatic carbocycles. The molecule has 0 atom stereocenters. The summed E-state index contributed by atoms with van der Waals surface area (Å²) in [6.45, 7) is 8.32. The number of rotatable bonds is 3. The van der Waals surface area contributed by atoms with Crippen LogP contribution in [0.5, 0.6) is 0 Å². The van der Waals surface area contributed by atoms with Crippen LogP contribution in [0.2, 0.25) is 0 Å².